The van der Waals surface area contributed by atoms with Crippen LogP contribution in [-0.2, 0) is 43.7 Å². The maximum absolute atomic E-state index is 14.0. The smallest absolute Gasteiger partial charge is 0.355 e. The highest BCUT2D eigenvalue weighted by atomic mass is 35.5. The highest BCUT2D eigenvalue weighted by Gasteiger charge is 2.55. The molecule has 2 atom stereocenters. The number of aromatic nitrogens is 3. The molecule has 17 heteroatoms. The summed E-state index contributed by atoms with van der Waals surface area (Å²) in [5.41, 5.74) is 3.91. The lowest BCUT2D eigenvalue weighted by molar-refractivity contribution is -0.687. The molecule has 300 valence electrons. The van der Waals surface area contributed by atoms with Crippen molar-refractivity contribution in [2.75, 3.05) is 33.1 Å². The van der Waals surface area contributed by atoms with Crippen LogP contribution in [0.25, 0.3) is 10.9 Å². The molecule has 0 aliphatic carbocycles. The largest absolute Gasteiger partial charge is 0.497 e. The Labute approximate surface area is 352 Å². The Balaban J connectivity index is 1.02. The predicted molar refractivity (Wildman–Crippen MR) is 225 cm³/mol. The Bertz CT molecular complexity index is 2470. The summed E-state index contributed by atoms with van der Waals surface area (Å²) in [6.07, 6.45) is 8.21. The Morgan fingerprint density at radius 3 is 2.64 bits per heavy atom. The van der Waals surface area contributed by atoms with Crippen molar-refractivity contribution in [1.29, 1.82) is 5.41 Å². The molecule has 0 radical (unpaired) electrons. The Kier molecular flexibility index (Phi) is 11.7. The third-order valence-electron chi connectivity index (χ3n) is 10.5. The number of β-lactam (4-membered cyclic amide) rings is 1. The van der Waals surface area contributed by atoms with Crippen molar-refractivity contribution in [1.82, 2.24) is 19.4 Å². The molecule has 2 fully saturated rings. The molecule has 5 aromatic rings. The van der Waals surface area contributed by atoms with E-state index in [-0.39, 0.29) is 36.0 Å². The van der Waals surface area contributed by atoms with Gasteiger partial charge in [-0.1, -0.05) is 28.9 Å². The SMILES string of the molecule is CO/N=C(\C(=O)C[C@@H]1C(=O)N2C(C(=O)OCc3ccc(OC)cc3)=C(C[n+]3ccc4c(ccn4Cc4cc(C(=N)N5CCCC5)cs4)c3)CS[C@H]12)c1nc(C)sc1Cl. The van der Waals surface area contributed by atoms with Gasteiger partial charge in [0.1, 0.15) is 41.0 Å². The molecule has 13 nitrogen and oxygen atoms in total. The molecule has 3 aliphatic heterocycles. The number of amidine groups is 1. The summed E-state index contributed by atoms with van der Waals surface area (Å²) in [7, 11) is 2.92. The zero-order chi connectivity index (χ0) is 40.5. The van der Waals surface area contributed by atoms with E-state index in [1.54, 1.807) is 37.5 Å². The van der Waals surface area contributed by atoms with E-state index in [9.17, 15) is 14.4 Å². The topological polar surface area (TPSA) is 143 Å². The van der Waals surface area contributed by atoms with Gasteiger partial charge in [-0.2, -0.15) is 0 Å². The number of fused-ring (bicyclic) bond motifs is 2. The zero-order valence-electron chi connectivity index (χ0n) is 32.1. The molecule has 1 aromatic carbocycles. The van der Waals surface area contributed by atoms with Crippen LogP contribution < -0.4 is 9.30 Å². The Hall–Kier alpha value is -5.03. The number of carbonyl (C=O) groups is 3. The number of pyridine rings is 1. The molecule has 0 unspecified atom stereocenters. The maximum Gasteiger partial charge on any atom is 0.355 e. The van der Waals surface area contributed by atoms with Crippen LogP contribution in [0.1, 0.15) is 46.0 Å². The van der Waals surface area contributed by atoms with Crippen molar-refractivity contribution in [3.63, 3.8) is 0 Å². The summed E-state index contributed by atoms with van der Waals surface area (Å²) < 4.78 is 15.6. The van der Waals surface area contributed by atoms with E-state index in [1.807, 2.05) is 29.1 Å². The number of thioether (sulfide) groups is 1. The number of ketones is 1. The number of thiophene rings is 1. The summed E-state index contributed by atoms with van der Waals surface area (Å²) >= 11 is 10.8. The van der Waals surface area contributed by atoms with Gasteiger partial charge in [-0.05, 0) is 49.6 Å². The van der Waals surface area contributed by atoms with Crippen molar-refractivity contribution in [3.05, 3.63) is 109 Å². The fourth-order valence-corrected chi connectivity index (χ4v) is 10.9. The van der Waals surface area contributed by atoms with Gasteiger partial charge in [-0.15, -0.1) is 34.4 Å². The number of oxime groups is 1. The van der Waals surface area contributed by atoms with Crippen molar-refractivity contribution in [3.8, 4) is 5.75 Å². The summed E-state index contributed by atoms with van der Waals surface area (Å²) in [4.78, 5) is 55.8. The van der Waals surface area contributed by atoms with Crippen LogP contribution in [0, 0.1) is 18.3 Å². The van der Waals surface area contributed by atoms with Gasteiger partial charge in [0.2, 0.25) is 5.91 Å². The van der Waals surface area contributed by atoms with E-state index in [2.05, 4.69) is 49.4 Å². The second kappa shape index (κ2) is 17.1. The third kappa shape index (κ3) is 8.02. The van der Waals surface area contributed by atoms with Crippen LogP contribution in [0.3, 0.4) is 0 Å². The number of thiazole rings is 1. The number of rotatable bonds is 14. The molecule has 3 aliphatic rings. The maximum atomic E-state index is 14.0. The fraction of sp³-hybridized carbons (Fsp3) is 0.341. The molecule has 1 amide bonds. The van der Waals surface area contributed by atoms with E-state index in [4.69, 9.17) is 31.3 Å². The zero-order valence-corrected chi connectivity index (χ0v) is 35.3. The summed E-state index contributed by atoms with van der Waals surface area (Å²) in [5.74, 6) is -0.347. The Morgan fingerprint density at radius 2 is 1.91 bits per heavy atom. The standard InChI is InChI=1S/C41H41ClN7O6S3/c1-24-44-35(37(42)58-24)34(45-54-3)33(50)17-31-39(51)49-36(41(52)55-21-25-6-8-29(53-2)9-7-25)28(23-57-40(31)49)19-46-14-11-32-26(18-46)10-15-48(32)20-30-16-27(22-56-30)38(43)47-12-4-5-13-47/h6-11,14-16,18,22,31,40,43H,4-5,12-13,17,19-21,23H2,1-3H3/q+1/b43-38?,45-34+/t31-,40-/m1/s1. The minimum absolute atomic E-state index is 0.00373. The lowest BCUT2D eigenvalue weighted by atomic mass is 9.89. The van der Waals surface area contributed by atoms with Gasteiger partial charge < -0.3 is 23.8 Å². The average Bonchev–Trinajstić information content (AvgIpc) is 4.07. The summed E-state index contributed by atoms with van der Waals surface area (Å²) in [5, 5.41) is 15.9. The molecule has 58 heavy (non-hydrogen) atoms. The molecular formula is C41H41ClN7O6S3+. The van der Waals surface area contributed by atoms with Gasteiger partial charge in [0.15, 0.2) is 30.4 Å². The van der Waals surface area contributed by atoms with Crippen LogP contribution in [0.2, 0.25) is 4.34 Å². The molecule has 4 aromatic heterocycles. The van der Waals surface area contributed by atoms with E-state index in [1.165, 1.54) is 40.0 Å². The second-order valence-electron chi connectivity index (χ2n) is 14.2. The summed E-state index contributed by atoms with van der Waals surface area (Å²) in [6, 6.07) is 13.5. The number of carbonyl (C=O) groups excluding carboxylic acids is 3. The van der Waals surface area contributed by atoms with E-state index in [0.29, 0.717) is 39.8 Å². The van der Waals surface area contributed by atoms with Gasteiger partial charge in [-0.3, -0.25) is 19.9 Å². The number of amides is 1. The molecule has 0 spiro atoms. The Morgan fingerprint density at radius 1 is 1.12 bits per heavy atom. The number of halogens is 1. The molecule has 0 bridgehead atoms. The van der Waals surface area contributed by atoms with E-state index < -0.39 is 23.0 Å². The van der Waals surface area contributed by atoms with Crippen molar-refractivity contribution < 1.29 is 33.3 Å². The first kappa shape index (κ1) is 39.8. The number of nitrogens with one attached hydrogen (secondary N) is 1. The van der Waals surface area contributed by atoms with Gasteiger partial charge in [0.05, 0.1) is 40.9 Å². The molecule has 1 N–H and O–H groups in total. The van der Waals surface area contributed by atoms with E-state index >= 15 is 0 Å². The number of aryl methyl sites for hydroxylation is 1. The number of hydrogen-bond acceptors (Lipinski definition) is 12. The molecule has 8 rings (SSSR count). The first-order valence-electron chi connectivity index (χ1n) is 18.8. The second-order valence-corrected chi connectivity index (χ2v) is 18.1. The lowest BCUT2D eigenvalue weighted by Gasteiger charge is -2.49. The highest BCUT2D eigenvalue weighted by Crippen LogP contribution is 2.46. The molecular weight excluding hydrogens is 818 g/mol. The van der Waals surface area contributed by atoms with Crippen LogP contribution >= 0.6 is 46.0 Å². The van der Waals surface area contributed by atoms with Crippen molar-refractivity contribution in [2.45, 2.75) is 51.3 Å². The number of ether oxygens (including phenoxy) is 2. The first-order valence-corrected chi connectivity index (χ1v) is 21.9. The number of nitrogens with zero attached hydrogens (tertiary/aromatic N) is 6. The number of benzene rings is 1. The molecule has 2 saturated heterocycles. The van der Waals surface area contributed by atoms with Gasteiger partial charge in [-0.25, -0.2) is 14.3 Å². The van der Waals surface area contributed by atoms with Crippen LogP contribution in [-0.4, -0.2) is 87.0 Å². The van der Waals surface area contributed by atoms with E-state index in [0.717, 1.165) is 53.5 Å². The van der Waals surface area contributed by atoms with Gasteiger partial charge in [0, 0.05) is 58.9 Å². The minimum Gasteiger partial charge on any atom is -0.497 e. The number of hydrogen-bond donors (Lipinski definition) is 1. The fourth-order valence-electron chi connectivity index (χ4n) is 7.56. The summed E-state index contributed by atoms with van der Waals surface area (Å²) in [6.45, 7) is 4.71. The molecule has 0 saturated carbocycles. The lowest BCUT2D eigenvalue weighted by Crippen LogP contribution is -2.62. The monoisotopic (exact) mass is 858 g/mol. The quantitative estimate of drug-likeness (QED) is 0.0334. The first-order chi connectivity index (χ1) is 28.1. The van der Waals surface area contributed by atoms with Gasteiger partial charge in [0.25, 0.3) is 0 Å². The van der Waals surface area contributed by atoms with Crippen LogP contribution in [0.15, 0.2) is 82.9 Å². The number of Topliss-reactive ketones (excluding diaryl/α,β-unsaturated/α-hetero) is 1. The highest BCUT2D eigenvalue weighted by molar-refractivity contribution is 8.00. The van der Waals surface area contributed by atoms with Crippen LogP contribution in [0.4, 0.5) is 0 Å². The number of methoxy groups -OCH3 is 1. The third-order valence-corrected chi connectivity index (χ3v) is 14.0. The normalized spacial score (nSPS) is 18.1. The van der Waals surface area contributed by atoms with Gasteiger partial charge >= 0.3 is 5.97 Å². The number of esters is 1. The molecule has 7 heterocycles. The number of likely N-dealkylation sites (tertiary alicyclic amines) is 1. The minimum atomic E-state index is -0.696. The predicted octanol–water partition coefficient (Wildman–Crippen LogP) is 6.43. The van der Waals surface area contributed by atoms with Crippen LogP contribution in [0.5, 0.6) is 5.75 Å². The average molecular weight is 859 g/mol. The van der Waals surface area contributed by atoms with Crippen molar-refractivity contribution >= 4 is 86.1 Å². The van der Waals surface area contributed by atoms with Crippen molar-refractivity contribution in [2.24, 2.45) is 11.1 Å².